The van der Waals surface area contributed by atoms with Gasteiger partial charge in [0, 0.05) is 31.2 Å². The maximum atomic E-state index is 3.70. The Morgan fingerprint density at radius 3 is 2.59 bits per heavy atom. The van der Waals surface area contributed by atoms with Crippen molar-refractivity contribution in [3.05, 3.63) is 0 Å². The summed E-state index contributed by atoms with van der Waals surface area (Å²) in [5.74, 6) is 0. The molecule has 17 heavy (non-hydrogen) atoms. The molecule has 0 aromatic carbocycles. The molecule has 2 heteroatoms. The lowest BCUT2D eigenvalue weighted by Crippen LogP contribution is -2.47. The van der Waals surface area contributed by atoms with Gasteiger partial charge in [-0.05, 0) is 24.7 Å². The summed E-state index contributed by atoms with van der Waals surface area (Å²) in [7, 11) is 0. The third-order valence-corrected chi connectivity index (χ3v) is 4.68. The van der Waals surface area contributed by atoms with Crippen molar-refractivity contribution in [2.75, 3.05) is 13.1 Å². The van der Waals surface area contributed by atoms with Crippen LogP contribution in [0.4, 0.5) is 0 Å². The average Bonchev–Trinajstić information content (AvgIpc) is 2.64. The third-order valence-electron chi connectivity index (χ3n) is 4.68. The first-order valence-electron chi connectivity index (χ1n) is 7.49. The first kappa shape index (κ1) is 13.4. The van der Waals surface area contributed by atoms with Crippen LogP contribution in [0.2, 0.25) is 0 Å². The summed E-state index contributed by atoms with van der Waals surface area (Å²) in [6.07, 6.45) is 7.04. The van der Waals surface area contributed by atoms with Crippen LogP contribution < -0.4 is 5.32 Å². The molecule has 1 N–H and O–H groups in total. The van der Waals surface area contributed by atoms with Gasteiger partial charge in [0.15, 0.2) is 0 Å². The molecule has 0 amide bonds. The van der Waals surface area contributed by atoms with Gasteiger partial charge in [-0.25, -0.2) is 0 Å². The smallest absolute Gasteiger partial charge is 0.0209 e. The lowest BCUT2D eigenvalue weighted by atomic mass is 9.72. The maximum Gasteiger partial charge on any atom is 0.0209 e. The van der Waals surface area contributed by atoms with E-state index in [0.717, 1.165) is 12.1 Å². The van der Waals surface area contributed by atoms with E-state index in [1.54, 1.807) is 0 Å². The van der Waals surface area contributed by atoms with E-state index in [1.165, 1.54) is 45.2 Å². The minimum atomic E-state index is 0.533. The zero-order valence-corrected chi connectivity index (χ0v) is 12.1. The lowest BCUT2D eigenvalue weighted by Gasteiger charge is -2.44. The van der Waals surface area contributed by atoms with E-state index >= 15 is 0 Å². The monoisotopic (exact) mass is 238 g/mol. The fourth-order valence-corrected chi connectivity index (χ4v) is 3.83. The van der Waals surface area contributed by atoms with Gasteiger partial charge in [0.2, 0.25) is 0 Å². The second kappa shape index (κ2) is 5.27. The Balaban J connectivity index is 1.90. The number of rotatable bonds is 3. The molecular weight excluding hydrogens is 208 g/mol. The van der Waals surface area contributed by atoms with Crippen LogP contribution in [0.15, 0.2) is 0 Å². The highest BCUT2D eigenvalue weighted by molar-refractivity contribution is 4.94. The largest absolute Gasteiger partial charge is 0.310 e. The third kappa shape index (κ3) is 3.23. The molecule has 1 heterocycles. The molecule has 0 bridgehead atoms. The Bertz CT molecular complexity index is 247. The Kier molecular flexibility index (Phi) is 4.14. The van der Waals surface area contributed by atoms with E-state index in [9.17, 15) is 0 Å². The number of nitrogens with one attached hydrogen (secondary N) is 1. The quantitative estimate of drug-likeness (QED) is 0.813. The Morgan fingerprint density at radius 1 is 1.18 bits per heavy atom. The number of nitrogens with zero attached hydrogens (tertiary/aromatic N) is 1. The van der Waals surface area contributed by atoms with Crippen molar-refractivity contribution in [1.82, 2.24) is 10.2 Å². The summed E-state index contributed by atoms with van der Waals surface area (Å²) < 4.78 is 0. The van der Waals surface area contributed by atoms with Gasteiger partial charge in [-0.15, -0.1) is 0 Å². The van der Waals surface area contributed by atoms with Gasteiger partial charge in [-0.2, -0.15) is 0 Å². The van der Waals surface area contributed by atoms with Crippen molar-refractivity contribution in [3.8, 4) is 0 Å². The van der Waals surface area contributed by atoms with Crippen LogP contribution in [0.25, 0.3) is 0 Å². The molecule has 2 aliphatic rings. The molecule has 1 aliphatic heterocycles. The molecule has 2 unspecified atom stereocenters. The number of likely N-dealkylation sites (tertiary alicyclic amines) is 1. The first-order chi connectivity index (χ1) is 7.99. The van der Waals surface area contributed by atoms with Crippen molar-refractivity contribution in [3.63, 3.8) is 0 Å². The summed E-state index contributed by atoms with van der Waals surface area (Å²) in [4.78, 5) is 2.76. The van der Waals surface area contributed by atoms with E-state index in [-0.39, 0.29) is 0 Å². The molecule has 1 saturated carbocycles. The predicted molar refractivity (Wildman–Crippen MR) is 74.3 cm³/mol. The molecule has 0 radical (unpaired) electrons. The molecule has 0 aromatic rings. The molecule has 0 spiro atoms. The van der Waals surface area contributed by atoms with Gasteiger partial charge >= 0.3 is 0 Å². The highest BCUT2D eigenvalue weighted by Gasteiger charge is 2.38. The average molecular weight is 238 g/mol. The van der Waals surface area contributed by atoms with E-state index in [2.05, 4.69) is 37.9 Å². The zero-order chi connectivity index (χ0) is 12.5. The molecule has 2 rings (SSSR count). The maximum absolute atomic E-state index is 3.70. The van der Waals surface area contributed by atoms with E-state index < -0.39 is 0 Å². The Morgan fingerprint density at radius 2 is 1.94 bits per heavy atom. The SMILES string of the molecule is CC(C)NC1CCN(C2CCCCC2(C)C)C1. The standard InChI is InChI=1S/C15H30N2/c1-12(2)16-13-8-10-17(11-13)14-7-5-6-9-15(14,3)4/h12-14,16H,5-11H2,1-4H3. The minimum absolute atomic E-state index is 0.533. The van der Waals surface area contributed by atoms with Gasteiger partial charge in [0.25, 0.3) is 0 Å². The van der Waals surface area contributed by atoms with Gasteiger partial charge in [0.05, 0.1) is 0 Å². The van der Waals surface area contributed by atoms with Crippen LogP contribution in [-0.2, 0) is 0 Å². The lowest BCUT2D eigenvalue weighted by molar-refractivity contribution is 0.0647. The summed E-state index contributed by atoms with van der Waals surface area (Å²) in [5, 5.41) is 3.70. The molecule has 1 saturated heterocycles. The molecule has 100 valence electrons. The summed E-state index contributed by atoms with van der Waals surface area (Å²) in [5.41, 5.74) is 0.533. The summed E-state index contributed by atoms with van der Waals surface area (Å²) >= 11 is 0. The van der Waals surface area contributed by atoms with E-state index in [0.29, 0.717) is 11.5 Å². The van der Waals surface area contributed by atoms with E-state index in [1.807, 2.05) is 0 Å². The van der Waals surface area contributed by atoms with Crippen LogP contribution >= 0.6 is 0 Å². The highest BCUT2D eigenvalue weighted by atomic mass is 15.2. The van der Waals surface area contributed by atoms with E-state index in [4.69, 9.17) is 0 Å². The fourth-order valence-electron chi connectivity index (χ4n) is 3.83. The Hall–Kier alpha value is -0.0800. The van der Waals surface area contributed by atoms with Gasteiger partial charge in [-0.1, -0.05) is 40.5 Å². The van der Waals surface area contributed by atoms with Crippen molar-refractivity contribution in [2.24, 2.45) is 5.41 Å². The van der Waals surface area contributed by atoms with Gasteiger partial charge < -0.3 is 5.32 Å². The van der Waals surface area contributed by atoms with Crippen LogP contribution in [0, 0.1) is 5.41 Å². The van der Waals surface area contributed by atoms with Crippen LogP contribution in [-0.4, -0.2) is 36.1 Å². The zero-order valence-electron chi connectivity index (χ0n) is 12.1. The van der Waals surface area contributed by atoms with Crippen molar-refractivity contribution < 1.29 is 0 Å². The molecule has 0 aromatic heterocycles. The highest BCUT2D eigenvalue weighted by Crippen LogP contribution is 2.39. The topological polar surface area (TPSA) is 15.3 Å². The number of hydrogen-bond donors (Lipinski definition) is 1. The second-order valence-electron chi connectivity index (χ2n) is 7.05. The summed E-state index contributed by atoms with van der Waals surface area (Å²) in [6, 6.07) is 2.18. The summed E-state index contributed by atoms with van der Waals surface area (Å²) in [6.45, 7) is 12.0. The van der Waals surface area contributed by atoms with Gasteiger partial charge in [-0.3, -0.25) is 4.90 Å². The Labute approximate surface area is 107 Å². The van der Waals surface area contributed by atoms with Gasteiger partial charge in [0.1, 0.15) is 0 Å². The molecule has 1 aliphatic carbocycles. The van der Waals surface area contributed by atoms with Crippen molar-refractivity contribution in [2.45, 2.75) is 77.9 Å². The normalized spacial score (nSPS) is 34.4. The van der Waals surface area contributed by atoms with Crippen molar-refractivity contribution >= 4 is 0 Å². The second-order valence-corrected chi connectivity index (χ2v) is 7.05. The molecule has 2 fully saturated rings. The molecular formula is C15H30N2. The minimum Gasteiger partial charge on any atom is -0.310 e. The first-order valence-corrected chi connectivity index (χ1v) is 7.49. The molecule has 2 nitrogen and oxygen atoms in total. The van der Waals surface area contributed by atoms with Crippen LogP contribution in [0.1, 0.15) is 59.8 Å². The fraction of sp³-hybridized carbons (Fsp3) is 1.00. The van der Waals surface area contributed by atoms with Crippen molar-refractivity contribution in [1.29, 1.82) is 0 Å². The van der Waals surface area contributed by atoms with Crippen LogP contribution in [0.3, 0.4) is 0 Å². The molecule has 2 atom stereocenters. The number of hydrogen-bond acceptors (Lipinski definition) is 2. The predicted octanol–water partition coefficient (Wildman–Crippen LogP) is 3.03. The van der Waals surface area contributed by atoms with Crippen LogP contribution in [0.5, 0.6) is 0 Å².